The maximum absolute atomic E-state index is 12.1. The van der Waals surface area contributed by atoms with Crippen LogP contribution in [-0.4, -0.2) is 16.7 Å². The van der Waals surface area contributed by atoms with Crippen molar-refractivity contribution in [3.63, 3.8) is 0 Å². The number of hydrogen-bond donors (Lipinski definition) is 1. The molecular formula is C15H11N3O2. The normalized spacial score (nSPS) is 11.2. The summed E-state index contributed by atoms with van der Waals surface area (Å²) >= 11 is 0. The average Bonchev–Trinajstić information content (AvgIpc) is 2.49. The van der Waals surface area contributed by atoms with Crippen molar-refractivity contribution < 1.29 is 9.59 Å². The molecule has 5 heteroatoms. The number of carbonyl (C=O) groups excluding carboxylic acids is 2. The van der Waals surface area contributed by atoms with Crippen LogP contribution in [0.5, 0.6) is 0 Å². The first kappa shape index (κ1) is 13.4. The Morgan fingerprint density at radius 1 is 1.15 bits per heavy atom. The van der Waals surface area contributed by atoms with Crippen molar-refractivity contribution in [2.45, 2.75) is 0 Å². The molecule has 98 valence electrons. The Morgan fingerprint density at radius 2 is 1.90 bits per heavy atom. The first-order valence-corrected chi connectivity index (χ1v) is 5.92. The number of rotatable bonds is 4. The second-order valence-electron chi connectivity index (χ2n) is 4.02. The summed E-state index contributed by atoms with van der Waals surface area (Å²) in [5.74, 6) is -2.60. The molecule has 1 N–H and O–H groups in total. The van der Waals surface area contributed by atoms with E-state index in [1.165, 1.54) is 18.5 Å². The van der Waals surface area contributed by atoms with E-state index in [1.54, 1.807) is 42.5 Å². The van der Waals surface area contributed by atoms with Crippen molar-refractivity contribution in [1.29, 1.82) is 5.26 Å². The maximum atomic E-state index is 12.1. The van der Waals surface area contributed by atoms with Crippen molar-refractivity contribution in [1.82, 2.24) is 4.98 Å². The van der Waals surface area contributed by atoms with Crippen LogP contribution in [-0.2, 0) is 4.79 Å². The van der Waals surface area contributed by atoms with Crippen LogP contribution in [0.3, 0.4) is 0 Å². The molecular weight excluding hydrogens is 254 g/mol. The lowest BCUT2D eigenvalue weighted by atomic mass is 9.99. The van der Waals surface area contributed by atoms with Gasteiger partial charge in [0.25, 0.3) is 0 Å². The van der Waals surface area contributed by atoms with E-state index in [9.17, 15) is 9.59 Å². The molecule has 20 heavy (non-hydrogen) atoms. The fraction of sp³-hybridized carbons (Fsp3) is 0.0667. The third-order valence-electron chi connectivity index (χ3n) is 2.64. The van der Waals surface area contributed by atoms with E-state index in [1.807, 2.05) is 0 Å². The lowest BCUT2D eigenvalue weighted by Gasteiger charge is -2.09. The molecule has 1 heterocycles. The number of pyridine rings is 1. The van der Waals surface area contributed by atoms with E-state index < -0.39 is 17.6 Å². The van der Waals surface area contributed by atoms with Crippen molar-refractivity contribution >= 4 is 17.4 Å². The van der Waals surface area contributed by atoms with Crippen LogP contribution in [0.4, 0.5) is 5.69 Å². The standard InChI is InChI=1S/C15H11N3O2/c16-9-13(14(19)11-5-4-8-17-10-11)15(20)18-12-6-2-1-3-7-12/h1-8,10,13H,(H,18,20). The Morgan fingerprint density at radius 3 is 2.50 bits per heavy atom. The number of Topliss-reactive ketones (excluding diaryl/α,β-unsaturated/α-hetero) is 1. The summed E-state index contributed by atoms with van der Waals surface area (Å²) in [4.78, 5) is 27.9. The molecule has 0 aliphatic heterocycles. The van der Waals surface area contributed by atoms with Gasteiger partial charge in [-0.1, -0.05) is 18.2 Å². The molecule has 0 fully saturated rings. The lowest BCUT2D eigenvalue weighted by Crippen LogP contribution is -2.28. The van der Waals surface area contributed by atoms with E-state index >= 15 is 0 Å². The molecule has 1 aromatic heterocycles. The van der Waals surface area contributed by atoms with E-state index in [2.05, 4.69) is 10.3 Å². The minimum Gasteiger partial charge on any atom is -0.325 e. The monoisotopic (exact) mass is 265 g/mol. The van der Waals surface area contributed by atoms with Crippen LogP contribution in [0.25, 0.3) is 0 Å². The highest BCUT2D eigenvalue weighted by atomic mass is 16.2. The predicted molar refractivity (Wildman–Crippen MR) is 72.7 cm³/mol. The number of nitrogens with zero attached hydrogens (tertiary/aromatic N) is 2. The number of aromatic nitrogens is 1. The highest BCUT2D eigenvalue weighted by Gasteiger charge is 2.27. The molecule has 1 aromatic carbocycles. The zero-order valence-electron chi connectivity index (χ0n) is 10.5. The molecule has 0 saturated carbocycles. The summed E-state index contributed by atoms with van der Waals surface area (Å²) in [6, 6.07) is 13.5. The first-order valence-electron chi connectivity index (χ1n) is 5.92. The maximum Gasteiger partial charge on any atom is 0.249 e. The van der Waals surface area contributed by atoms with Crippen LogP contribution < -0.4 is 5.32 Å². The van der Waals surface area contributed by atoms with Crippen molar-refractivity contribution in [3.8, 4) is 6.07 Å². The highest BCUT2D eigenvalue weighted by molar-refractivity contribution is 6.15. The van der Waals surface area contributed by atoms with Gasteiger partial charge in [0.2, 0.25) is 5.91 Å². The Labute approximate surface area is 115 Å². The molecule has 0 bridgehead atoms. The van der Waals surface area contributed by atoms with E-state index in [0.29, 0.717) is 5.69 Å². The number of ketones is 1. The molecule has 1 amide bonds. The van der Waals surface area contributed by atoms with Gasteiger partial charge in [-0.05, 0) is 24.3 Å². The molecule has 1 atom stereocenters. The van der Waals surface area contributed by atoms with Gasteiger partial charge < -0.3 is 5.32 Å². The molecule has 0 saturated heterocycles. The van der Waals surface area contributed by atoms with Gasteiger partial charge in [-0.25, -0.2) is 0 Å². The zero-order valence-corrected chi connectivity index (χ0v) is 10.5. The molecule has 0 radical (unpaired) electrons. The lowest BCUT2D eigenvalue weighted by molar-refractivity contribution is -0.117. The van der Waals surface area contributed by atoms with Crippen LogP contribution in [0.1, 0.15) is 10.4 Å². The average molecular weight is 265 g/mol. The summed E-state index contributed by atoms with van der Waals surface area (Å²) in [7, 11) is 0. The number of hydrogen-bond acceptors (Lipinski definition) is 4. The summed E-state index contributed by atoms with van der Waals surface area (Å²) < 4.78 is 0. The summed E-state index contributed by atoms with van der Waals surface area (Å²) in [6.07, 6.45) is 2.85. The largest absolute Gasteiger partial charge is 0.325 e. The fourth-order valence-electron chi connectivity index (χ4n) is 1.65. The van der Waals surface area contributed by atoms with Crippen molar-refractivity contribution in [3.05, 3.63) is 60.4 Å². The minimum atomic E-state index is -1.39. The number of nitrogens with one attached hydrogen (secondary N) is 1. The van der Waals surface area contributed by atoms with Gasteiger partial charge in [0.05, 0.1) is 6.07 Å². The molecule has 5 nitrogen and oxygen atoms in total. The van der Waals surface area contributed by atoms with Crippen LogP contribution in [0.2, 0.25) is 0 Å². The van der Waals surface area contributed by atoms with E-state index in [-0.39, 0.29) is 5.56 Å². The molecule has 0 aliphatic rings. The van der Waals surface area contributed by atoms with Crippen LogP contribution >= 0.6 is 0 Å². The smallest absolute Gasteiger partial charge is 0.249 e. The quantitative estimate of drug-likeness (QED) is 0.677. The minimum absolute atomic E-state index is 0.238. The predicted octanol–water partition coefficient (Wildman–Crippen LogP) is 2.04. The van der Waals surface area contributed by atoms with Crippen LogP contribution in [0.15, 0.2) is 54.9 Å². The van der Waals surface area contributed by atoms with Gasteiger partial charge in [-0.3, -0.25) is 14.6 Å². The van der Waals surface area contributed by atoms with Crippen molar-refractivity contribution in [2.75, 3.05) is 5.32 Å². The SMILES string of the molecule is N#CC(C(=O)Nc1ccccc1)C(=O)c1cccnc1. The number of amides is 1. The third-order valence-corrected chi connectivity index (χ3v) is 2.64. The second kappa shape index (κ2) is 6.25. The topological polar surface area (TPSA) is 82.9 Å². The highest BCUT2D eigenvalue weighted by Crippen LogP contribution is 2.12. The van der Waals surface area contributed by atoms with Gasteiger partial charge in [-0.15, -0.1) is 0 Å². The van der Waals surface area contributed by atoms with Gasteiger partial charge in [0, 0.05) is 23.6 Å². The molecule has 0 aliphatic carbocycles. The fourth-order valence-corrected chi connectivity index (χ4v) is 1.65. The number of carbonyl (C=O) groups is 2. The Bertz CT molecular complexity index is 648. The van der Waals surface area contributed by atoms with Gasteiger partial charge in [0.15, 0.2) is 11.7 Å². The summed E-state index contributed by atoms with van der Waals surface area (Å²) in [6.45, 7) is 0. The third kappa shape index (κ3) is 3.06. The first-order chi connectivity index (χ1) is 9.72. The van der Waals surface area contributed by atoms with E-state index in [0.717, 1.165) is 0 Å². The Hall–Kier alpha value is -3.00. The second-order valence-corrected chi connectivity index (χ2v) is 4.02. The molecule has 2 rings (SSSR count). The molecule has 2 aromatic rings. The Balaban J connectivity index is 2.15. The number of nitriles is 1. The molecule has 1 unspecified atom stereocenters. The summed E-state index contributed by atoms with van der Waals surface area (Å²) in [5, 5.41) is 11.6. The zero-order chi connectivity index (χ0) is 14.4. The summed E-state index contributed by atoms with van der Waals surface area (Å²) in [5.41, 5.74) is 0.777. The van der Waals surface area contributed by atoms with Gasteiger partial charge in [-0.2, -0.15) is 5.26 Å². The Kier molecular flexibility index (Phi) is 4.20. The van der Waals surface area contributed by atoms with Crippen molar-refractivity contribution in [2.24, 2.45) is 5.92 Å². The number of benzene rings is 1. The van der Waals surface area contributed by atoms with Gasteiger partial charge in [0.1, 0.15) is 0 Å². The van der Waals surface area contributed by atoms with Gasteiger partial charge >= 0.3 is 0 Å². The van der Waals surface area contributed by atoms with Crippen LogP contribution in [0, 0.1) is 17.2 Å². The molecule has 0 spiro atoms. The van der Waals surface area contributed by atoms with E-state index in [4.69, 9.17) is 5.26 Å². The number of anilines is 1. The number of para-hydroxylation sites is 1.